The average molecular weight is 382 g/mol. The number of carbonyl (C=O) groups is 2. The van der Waals surface area contributed by atoms with Crippen molar-refractivity contribution in [2.75, 3.05) is 18.1 Å². The first kappa shape index (κ1) is 21.8. The molecule has 0 aliphatic rings. The molecule has 0 bridgehead atoms. The molecule has 0 unspecified atom stereocenters. The van der Waals surface area contributed by atoms with Crippen LogP contribution in [0.5, 0.6) is 0 Å². The van der Waals surface area contributed by atoms with Gasteiger partial charge in [-0.1, -0.05) is 63.2 Å². The average Bonchev–Trinajstić information content (AvgIpc) is 2.72. The van der Waals surface area contributed by atoms with Gasteiger partial charge in [0.2, 0.25) is 5.91 Å². The lowest BCUT2D eigenvalue weighted by molar-refractivity contribution is -0.123. The van der Waals surface area contributed by atoms with Crippen molar-refractivity contribution in [2.24, 2.45) is 0 Å². The number of hydrogen-bond acceptors (Lipinski definition) is 3. The van der Waals surface area contributed by atoms with E-state index in [0.717, 1.165) is 11.3 Å². The Labute approximate surface area is 168 Å². The smallest absolute Gasteiger partial charge is 0.227 e. The van der Waals surface area contributed by atoms with E-state index in [1.807, 2.05) is 54.3 Å². The van der Waals surface area contributed by atoms with Crippen molar-refractivity contribution in [1.82, 2.24) is 0 Å². The van der Waals surface area contributed by atoms with Crippen LogP contribution in [0, 0.1) is 0 Å². The molecule has 0 saturated carbocycles. The zero-order chi connectivity index (χ0) is 20.4. The van der Waals surface area contributed by atoms with Gasteiger partial charge in [-0.15, -0.1) is 0 Å². The number of ketones is 1. The Bertz CT molecular complexity index is 738. The highest BCUT2D eigenvalue weighted by Gasteiger charge is 2.16. The Kier molecular flexibility index (Phi) is 8.89. The van der Waals surface area contributed by atoms with Crippen LogP contribution >= 0.6 is 0 Å². The molecular weight excluding hydrogens is 350 g/mol. The van der Waals surface area contributed by atoms with E-state index in [0.29, 0.717) is 38.3 Å². The number of rotatable bonds is 11. The maximum Gasteiger partial charge on any atom is 0.227 e. The van der Waals surface area contributed by atoms with E-state index < -0.39 is 0 Å². The first-order valence-corrected chi connectivity index (χ1v) is 10.0. The number of Topliss-reactive ketones (excluding diaryl/α,β-unsaturated/α-hetero) is 1. The molecule has 0 aromatic heterocycles. The van der Waals surface area contributed by atoms with Gasteiger partial charge in [0.15, 0.2) is 5.78 Å². The van der Waals surface area contributed by atoms with Crippen molar-refractivity contribution in [3.63, 3.8) is 0 Å². The SMILES string of the molecule is CCC(=O)COCCCC(=O)N(Cc1ccccc1)c1ccc(C(C)C)cc1. The summed E-state index contributed by atoms with van der Waals surface area (Å²) in [7, 11) is 0. The molecule has 2 rings (SSSR count). The van der Waals surface area contributed by atoms with Crippen LogP contribution in [0.1, 0.15) is 57.1 Å². The van der Waals surface area contributed by atoms with E-state index in [-0.39, 0.29) is 18.3 Å². The minimum Gasteiger partial charge on any atom is -0.374 e. The molecule has 0 spiro atoms. The Balaban J connectivity index is 2.03. The fourth-order valence-corrected chi connectivity index (χ4v) is 2.88. The third-order valence-corrected chi connectivity index (χ3v) is 4.69. The largest absolute Gasteiger partial charge is 0.374 e. The lowest BCUT2D eigenvalue weighted by atomic mass is 10.0. The summed E-state index contributed by atoms with van der Waals surface area (Å²) < 4.78 is 5.36. The van der Waals surface area contributed by atoms with Crippen LogP contribution in [-0.2, 0) is 20.9 Å². The van der Waals surface area contributed by atoms with Crippen LogP contribution < -0.4 is 4.90 Å². The minimum atomic E-state index is 0.0616. The number of hydrogen-bond donors (Lipinski definition) is 0. The first-order chi connectivity index (χ1) is 13.5. The molecule has 0 radical (unpaired) electrons. The summed E-state index contributed by atoms with van der Waals surface area (Å²) in [4.78, 5) is 26.0. The maximum absolute atomic E-state index is 12.9. The Morgan fingerprint density at radius 2 is 1.68 bits per heavy atom. The highest BCUT2D eigenvalue weighted by Crippen LogP contribution is 2.23. The van der Waals surface area contributed by atoms with Crippen LogP contribution in [0.4, 0.5) is 5.69 Å². The van der Waals surface area contributed by atoms with Crippen molar-refractivity contribution in [2.45, 2.75) is 52.5 Å². The van der Waals surface area contributed by atoms with Crippen molar-refractivity contribution in [3.8, 4) is 0 Å². The van der Waals surface area contributed by atoms with Gasteiger partial charge in [0.1, 0.15) is 6.61 Å². The predicted octanol–water partition coefficient (Wildman–Crippen LogP) is 5.12. The number of nitrogens with zero attached hydrogens (tertiary/aromatic N) is 1. The summed E-state index contributed by atoms with van der Waals surface area (Å²) in [6.45, 7) is 7.23. The predicted molar refractivity (Wildman–Crippen MR) is 114 cm³/mol. The van der Waals surface area contributed by atoms with Crippen molar-refractivity contribution >= 4 is 17.4 Å². The van der Waals surface area contributed by atoms with Crippen molar-refractivity contribution in [1.29, 1.82) is 0 Å². The number of benzene rings is 2. The number of carbonyl (C=O) groups excluding carboxylic acids is 2. The molecule has 150 valence electrons. The molecule has 0 aliphatic carbocycles. The van der Waals surface area contributed by atoms with E-state index in [1.165, 1.54) is 5.56 Å². The van der Waals surface area contributed by atoms with Gasteiger partial charge in [-0.25, -0.2) is 0 Å². The second-order valence-electron chi connectivity index (χ2n) is 7.26. The van der Waals surface area contributed by atoms with Gasteiger partial charge >= 0.3 is 0 Å². The Morgan fingerprint density at radius 3 is 2.29 bits per heavy atom. The lowest BCUT2D eigenvalue weighted by Gasteiger charge is -2.24. The fraction of sp³-hybridized carbons (Fsp3) is 0.417. The topological polar surface area (TPSA) is 46.6 Å². The standard InChI is InChI=1S/C24H31NO3/c1-4-23(26)18-28-16-8-11-24(27)25(17-20-9-6-5-7-10-20)22-14-12-21(13-15-22)19(2)3/h5-7,9-10,12-15,19H,4,8,11,16-18H2,1-3H3. The number of anilines is 1. The normalized spacial score (nSPS) is 10.9. The molecule has 4 heteroatoms. The number of amides is 1. The molecular formula is C24H31NO3. The Hall–Kier alpha value is -2.46. The summed E-state index contributed by atoms with van der Waals surface area (Å²) >= 11 is 0. The van der Waals surface area contributed by atoms with Crippen LogP contribution in [0.3, 0.4) is 0 Å². The highest BCUT2D eigenvalue weighted by atomic mass is 16.5. The highest BCUT2D eigenvalue weighted by molar-refractivity contribution is 5.93. The second-order valence-corrected chi connectivity index (χ2v) is 7.26. The minimum absolute atomic E-state index is 0.0616. The van der Waals surface area contributed by atoms with Gasteiger partial charge in [0.05, 0.1) is 6.54 Å². The van der Waals surface area contributed by atoms with E-state index in [4.69, 9.17) is 4.74 Å². The summed E-state index contributed by atoms with van der Waals surface area (Å²) in [6.07, 6.45) is 1.47. The molecule has 4 nitrogen and oxygen atoms in total. The molecule has 0 saturated heterocycles. The Morgan fingerprint density at radius 1 is 1.00 bits per heavy atom. The van der Waals surface area contributed by atoms with E-state index >= 15 is 0 Å². The zero-order valence-corrected chi connectivity index (χ0v) is 17.2. The molecule has 1 amide bonds. The summed E-state index contributed by atoms with van der Waals surface area (Å²) in [6, 6.07) is 18.2. The zero-order valence-electron chi connectivity index (χ0n) is 17.2. The monoisotopic (exact) mass is 381 g/mol. The van der Waals surface area contributed by atoms with Gasteiger partial charge < -0.3 is 9.64 Å². The first-order valence-electron chi connectivity index (χ1n) is 10.0. The summed E-state index contributed by atoms with van der Waals surface area (Å²) in [5, 5.41) is 0. The van der Waals surface area contributed by atoms with Crippen LogP contribution in [0.2, 0.25) is 0 Å². The fourth-order valence-electron chi connectivity index (χ4n) is 2.88. The van der Waals surface area contributed by atoms with Crippen LogP contribution in [0.25, 0.3) is 0 Å². The van der Waals surface area contributed by atoms with E-state index in [9.17, 15) is 9.59 Å². The third kappa shape index (κ3) is 6.93. The van der Waals surface area contributed by atoms with Crippen molar-refractivity contribution in [3.05, 3.63) is 65.7 Å². The molecule has 28 heavy (non-hydrogen) atoms. The van der Waals surface area contributed by atoms with Gasteiger partial charge in [-0.05, 0) is 35.6 Å². The maximum atomic E-state index is 12.9. The molecule has 0 fully saturated rings. The van der Waals surface area contributed by atoms with Crippen molar-refractivity contribution < 1.29 is 14.3 Å². The quantitative estimate of drug-likeness (QED) is 0.508. The second kappa shape index (κ2) is 11.4. The molecule has 2 aromatic rings. The van der Waals surface area contributed by atoms with Gasteiger partial charge in [-0.3, -0.25) is 9.59 Å². The summed E-state index contributed by atoms with van der Waals surface area (Å²) in [5.74, 6) is 0.601. The summed E-state index contributed by atoms with van der Waals surface area (Å²) in [5.41, 5.74) is 3.25. The van der Waals surface area contributed by atoms with E-state index in [1.54, 1.807) is 0 Å². The molecule has 0 N–H and O–H groups in total. The lowest BCUT2D eigenvalue weighted by Crippen LogP contribution is -2.30. The van der Waals surface area contributed by atoms with Gasteiger partial charge in [-0.2, -0.15) is 0 Å². The molecule has 0 aliphatic heterocycles. The van der Waals surface area contributed by atoms with E-state index in [2.05, 4.69) is 26.0 Å². The van der Waals surface area contributed by atoms with Gasteiger partial charge in [0, 0.05) is 25.1 Å². The van der Waals surface area contributed by atoms with Crippen LogP contribution in [-0.4, -0.2) is 24.9 Å². The number of ether oxygens (including phenoxy) is 1. The molecule has 0 atom stereocenters. The van der Waals surface area contributed by atoms with Crippen LogP contribution in [0.15, 0.2) is 54.6 Å². The van der Waals surface area contributed by atoms with Gasteiger partial charge in [0.25, 0.3) is 0 Å². The third-order valence-electron chi connectivity index (χ3n) is 4.69. The molecule has 2 aromatic carbocycles. The molecule has 0 heterocycles.